The minimum absolute atomic E-state index is 0.00602. The predicted octanol–water partition coefficient (Wildman–Crippen LogP) is 0.806. The second-order valence-electron chi connectivity index (χ2n) is 3.11. The van der Waals surface area contributed by atoms with E-state index in [0.717, 1.165) is 22.2 Å². The van der Waals surface area contributed by atoms with Crippen LogP contribution >= 0.6 is 0 Å². The Hall–Kier alpha value is -1.84. The Bertz CT molecular complexity index is 501. The molecule has 0 bridgehead atoms. The number of H-pyrrole nitrogens is 1. The highest BCUT2D eigenvalue weighted by Crippen LogP contribution is 2.20. The number of nitrogens with zero attached hydrogens (tertiary/aromatic N) is 1. The third kappa shape index (κ3) is 0.796. The summed E-state index contributed by atoms with van der Waals surface area (Å²) in [5, 5.41) is 2.77. The smallest absolute Gasteiger partial charge is 0.251 e. The molecule has 0 aliphatic carbocycles. The van der Waals surface area contributed by atoms with E-state index >= 15 is 0 Å². The highest BCUT2D eigenvalue weighted by molar-refractivity contribution is 6.01. The van der Waals surface area contributed by atoms with Gasteiger partial charge in [0.25, 0.3) is 5.91 Å². The maximum atomic E-state index is 11.3. The van der Waals surface area contributed by atoms with Gasteiger partial charge in [-0.2, -0.15) is 0 Å². The SMILES string of the molecule is O=C1NCc2cc3nc[nH]c3cc21. The number of hydrogen-bond acceptors (Lipinski definition) is 2. The van der Waals surface area contributed by atoms with Crippen molar-refractivity contribution in [2.24, 2.45) is 0 Å². The first-order valence-corrected chi connectivity index (χ1v) is 4.09. The summed E-state index contributed by atoms with van der Waals surface area (Å²) >= 11 is 0. The fraction of sp³-hybridized carbons (Fsp3) is 0.111. The summed E-state index contributed by atoms with van der Waals surface area (Å²) in [6, 6.07) is 3.79. The zero-order chi connectivity index (χ0) is 8.84. The number of nitrogens with one attached hydrogen (secondary N) is 2. The summed E-state index contributed by atoms with van der Waals surface area (Å²) in [7, 11) is 0. The summed E-state index contributed by atoms with van der Waals surface area (Å²) in [6.07, 6.45) is 1.64. The Morgan fingerprint density at radius 2 is 2.31 bits per heavy atom. The topological polar surface area (TPSA) is 57.8 Å². The fourth-order valence-electron chi connectivity index (χ4n) is 1.65. The Kier molecular flexibility index (Phi) is 1.07. The zero-order valence-electron chi connectivity index (χ0n) is 6.79. The first-order valence-electron chi connectivity index (χ1n) is 4.09. The van der Waals surface area contributed by atoms with Crippen molar-refractivity contribution in [3.63, 3.8) is 0 Å². The quantitative estimate of drug-likeness (QED) is 0.619. The lowest BCUT2D eigenvalue weighted by Gasteiger charge is -1.94. The standard InChI is InChI=1S/C9H7N3O/c13-9-6-2-8-7(11-4-12-8)1-5(6)3-10-9/h1-2,4H,3H2,(H,10,13)(H,11,12). The van der Waals surface area contributed by atoms with Crippen molar-refractivity contribution in [2.45, 2.75) is 6.54 Å². The molecule has 1 aromatic heterocycles. The molecular weight excluding hydrogens is 166 g/mol. The van der Waals surface area contributed by atoms with E-state index in [0.29, 0.717) is 6.54 Å². The van der Waals surface area contributed by atoms with Crippen molar-refractivity contribution >= 4 is 16.9 Å². The van der Waals surface area contributed by atoms with E-state index < -0.39 is 0 Å². The van der Waals surface area contributed by atoms with Gasteiger partial charge < -0.3 is 10.3 Å². The van der Waals surface area contributed by atoms with Gasteiger partial charge >= 0.3 is 0 Å². The van der Waals surface area contributed by atoms with Crippen LogP contribution in [0.3, 0.4) is 0 Å². The molecular formula is C9H7N3O. The lowest BCUT2D eigenvalue weighted by atomic mass is 10.1. The molecule has 0 spiro atoms. The molecule has 0 saturated heterocycles. The summed E-state index contributed by atoms with van der Waals surface area (Å²) in [5.41, 5.74) is 3.62. The van der Waals surface area contributed by atoms with Gasteiger partial charge in [0.05, 0.1) is 17.4 Å². The van der Waals surface area contributed by atoms with E-state index in [4.69, 9.17) is 0 Å². The number of amides is 1. The maximum absolute atomic E-state index is 11.3. The molecule has 0 atom stereocenters. The summed E-state index contributed by atoms with van der Waals surface area (Å²) in [4.78, 5) is 18.4. The lowest BCUT2D eigenvalue weighted by molar-refractivity contribution is 0.0966. The predicted molar refractivity (Wildman–Crippen MR) is 47.3 cm³/mol. The van der Waals surface area contributed by atoms with Crippen molar-refractivity contribution in [3.05, 3.63) is 29.6 Å². The number of hydrogen-bond donors (Lipinski definition) is 2. The van der Waals surface area contributed by atoms with Crippen LogP contribution < -0.4 is 5.32 Å². The van der Waals surface area contributed by atoms with E-state index in [1.54, 1.807) is 6.33 Å². The maximum Gasteiger partial charge on any atom is 0.251 e. The van der Waals surface area contributed by atoms with Gasteiger partial charge in [0.2, 0.25) is 0 Å². The molecule has 13 heavy (non-hydrogen) atoms. The molecule has 2 N–H and O–H groups in total. The molecule has 0 saturated carbocycles. The van der Waals surface area contributed by atoms with Gasteiger partial charge in [-0.1, -0.05) is 0 Å². The largest absolute Gasteiger partial charge is 0.348 e. The highest BCUT2D eigenvalue weighted by atomic mass is 16.1. The zero-order valence-corrected chi connectivity index (χ0v) is 6.79. The van der Waals surface area contributed by atoms with Crippen molar-refractivity contribution < 1.29 is 4.79 Å². The number of imidazole rings is 1. The van der Waals surface area contributed by atoms with E-state index in [9.17, 15) is 4.79 Å². The van der Waals surface area contributed by atoms with Crippen molar-refractivity contribution in [1.29, 1.82) is 0 Å². The number of benzene rings is 1. The lowest BCUT2D eigenvalue weighted by Crippen LogP contribution is -2.12. The Morgan fingerprint density at radius 1 is 1.38 bits per heavy atom. The van der Waals surface area contributed by atoms with Crippen LogP contribution in [0.4, 0.5) is 0 Å². The highest BCUT2D eigenvalue weighted by Gasteiger charge is 2.19. The molecule has 64 valence electrons. The number of carbonyl (C=O) groups excluding carboxylic acids is 1. The molecule has 3 rings (SSSR count). The second-order valence-corrected chi connectivity index (χ2v) is 3.11. The third-order valence-electron chi connectivity index (χ3n) is 2.33. The van der Waals surface area contributed by atoms with Crippen LogP contribution in [0.1, 0.15) is 15.9 Å². The molecule has 2 aromatic rings. The normalized spacial score (nSPS) is 14.6. The Balaban J connectivity index is 2.40. The molecule has 0 fully saturated rings. The van der Waals surface area contributed by atoms with Crippen LogP contribution in [0.5, 0.6) is 0 Å². The van der Waals surface area contributed by atoms with Gasteiger partial charge in [-0.05, 0) is 17.7 Å². The van der Waals surface area contributed by atoms with Crippen LogP contribution in [0.2, 0.25) is 0 Å². The van der Waals surface area contributed by atoms with E-state index in [1.807, 2.05) is 12.1 Å². The van der Waals surface area contributed by atoms with Gasteiger partial charge in [-0.3, -0.25) is 4.79 Å². The van der Waals surface area contributed by atoms with Gasteiger partial charge in [-0.15, -0.1) is 0 Å². The average molecular weight is 173 g/mol. The number of fused-ring (bicyclic) bond motifs is 2. The van der Waals surface area contributed by atoms with Crippen LogP contribution in [-0.4, -0.2) is 15.9 Å². The van der Waals surface area contributed by atoms with Crippen LogP contribution in [0.25, 0.3) is 11.0 Å². The Labute approximate surface area is 74.0 Å². The molecule has 4 heteroatoms. The second kappa shape index (κ2) is 2.10. The van der Waals surface area contributed by atoms with Crippen molar-refractivity contribution in [1.82, 2.24) is 15.3 Å². The number of carbonyl (C=O) groups is 1. The van der Waals surface area contributed by atoms with Gasteiger partial charge in [0.1, 0.15) is 0 Å². The third-order valence-corrected chi connectivity index (χ3v) is 2.33. The number of aromatic nitrogens is 2. The van der Waals surface area contributed by atoms with Crippen molar-refractivity contribution in [3.8, 4) is 0 Å². The van der Waals surface area contributed by atoms with Gasteiger partial charge in [0, 0.05) is 12.1 Å². The summed E-state index contributed by atoms with van der Waals surface area (Å²) in [5.74, 6) is 0.00602. The van der Waals surface area contributed by atoms with E-state index in [-0.39, 0.29) is 5.91 Å². The summed E-state index contributed by atoms with van der Waals surface area (Å²) < 4.78 is 0. The fourth-order valence-corrected chi connectivity index (χ4v) is 1.65. The van der Waals surface area contributed by atoms with E-state index in [2.05, 4.69) is 15.3 Å². The van der Waals surface area contributed by atoms with Crippen molar-refractivity contribution in [2.75, 3.05) is 0 Å². The Morgan fingerprint density at radius 3 is 3.23 bits per heavy atom. The van der Waals surface area contributed by atoms with Crippen LogP contribution in [0, 0.1) is 0 Å². The van der Waals surface area contributed by atoms with Gasteiger partial charge in [-0.25, -0.2) is 4.98 Å². The molecule has 4 nitrogen and oxygen atoms in total. The monoisotopic (exact) mass is 173 g/mol. The summed E-state index contributed by atoms with van der Waals surface area (Å²) in [6.45, 7) is 0.622. The average Bonchev–Trinajstić information content (AvgIpc) is 2.70. The first-order chi connectivity index (χ1) is 6.34. The first kappa shape index (κ1) is 6.65. The molecule has 1 aliphatic rings. The van der Waals surface area contributed by atoms with Gasteiger partial charge in [0.15, 0.2) is 0 Å². The molecule has 0 radical (unpaired) electrons. The van der Waals surface area contributed by atoms with Crippen LogP contribution in [0.15, 0.2) is 18.5 Å². The van der Waals surface area contributed by atoms with E-state index in [1.165, 1.54) is 0 Å². The number of aromatic amines is 1. The molecule has 1 amide bonds. The molecule has 1 aliphatic heterocycles. The van der Waals surface area contributed by atoms with Crippen LogP contribution in [-0.2, 0) is 6.54 Å². The molecule has 2 heterocycles. The molecule has 0 unspecified atom stereocenters. The number of rotatable bonds is 0. The minimum Gasteiger partial charge on any atom is -0.348 e. The minimum atomic E-state index is 0.00602. The molecule has 1 aromatic carbocycles.